The first-order chi connectivity index (χ1) is 7.97. The lowest BCUT2D eigenvalue weighted by molar-refractivity contribution is 0.598. The van der Waals surface area contributed by atoms with E-state index in [1.807, 2.05) is 0 Å². The monoisotopic (exact) mass is 272 g/mol. The number of aromatic nitrogens is 3. The molecule has 8 heteroatoms. The van der Waals surface area contributed by atoms with Crippen LogP contribution in [0, 0.1) is 6.92 Å². The van der Waals surface area contributed by atoms with E-state index in [1.54, 1.807) is 13.0 Å². The molecule has 0 radical (unpaired) electrons. The highest BCUT2D eigenvalue weighted by atomic mass is 35.5. The first-order valence-electron chi connectivity index (χ1n) is 4.63. The summed E-state index contributed by atoms with van der Waals surface area (Å²) in [7, 11) is -3.70. The largest absolute Gasteiger partial charge is 0.332 e. The third kappa shape index (κ3) is 2.75. The highest BCUT2D eigenvalue weighted by molar-refractivity contribution is 7.92. The van der Waals surface area contributed by atoms with Gasteiger partial charge in [0, 0.05) is 17.3 Å². The Balaban J connectivity index is 2.29. The van der Waals surface area contributed by atoms with Crippen LogP contribution in [0.4, 0.5) is 5.82 Å². The predicted octanol–water partition coefficient (Wildman–Crippen LogP) is 1.57. The van der Waals surface area contributed by atoms with E-state index < -0.39 is 10.0 Å². The summed E-state index contributed by atoms with van der Waals surface area (Å²) < 4.78 is 26.0. The minimum Gasteiger partial charge on any atom is -0.332 e. The summed E-state index contributed by atoms with van der Waals surface area (Å²) in [6, 6.07) is 2.97. The van der Waals surface area contributed by atoms with Gasteiger partial charge in [-0.05, 0) is 13.0 Å². The van der Waals surface area contributed by atoms with Crippen LogP contribution >= 0.6 is 11.6 Å². The Morgan fingerprint density at radius 2 is 2.18 bits per heavy atom. The summed E-state index contributed by atoms with van der Waals surface area (Å²) in [5.41, 5.74) is 0. The normalized spacial score (nSPS) is 11.4. The molecule has 0 atom stereocenters. The lowest BCUT2D eigenvalue weighted by atomic mass is 10.5. The van der Waals surface area contributed by atoms with E-state index in [-0.39, 0.29) is 10.8 Å². The Morgan fingerprint density at radius 3 is 2.76 bits per heavy atom. The van der Waals surface area contributed by atoms with Crippen LogP contribution in [0.5, 0.6) is 0 Å². The number of nitrogens with zero attached hydrogens (tertiary/aromatic N) is 2. The van der Waals surface area contributed by atoms with Crippen LogP contribution in [0.3, 0.4) is 0 Å². The van der Waals surface area contributed by atoms with Gasteiger partial charge in [0.1, 0.15) is 11.6 Å². The summed E-state index contributed by atoms with van der Waals surface area (Å²) in [4.78, 5) is 10.3. The van der Waals surface area contributed by atoms with Crippen molar-refractivity contribution in [3.8, 4) is 0 Å². The highest BCUT2D eigenvalue weighted by Crippen LogP contribution is 2.15. The number of hydrogen-bond acceptors (Lipinski definition) is 4. The highest BCUT2D eigenvalue weighted by Gasteiger charge is 2.17. The quantitative estimate of drug-likeness (QED) is 0.888. The van der Waals surface area contributed by atoms with Crippen LogP contribution in [0.2, 0.25) is 5.02 Å². The molecule has 0 aliphatic heterocycles. The van der Waals surface area contributed by atoms with Gasteiger partial charge in [-0.1, -0.05) is 11.6 Å². The van der Waals surface area contributed by atoms with Crippen molar-refractivity contribution in [2.75, 3.05) is 4.72 Å². The molecule has 17 heavy (non-hydrogen) atoms. The molecular weight excluding hydrogens is 264 g/mol. The first-order valence-corrected chi connectivity index (χ1v) is 6.49. The average Bonchev–Trinajstić information content (AvgIpc) is 2.65. The SMILES string of the molecule is Cc1ncc(S(=O)(=O)Nc2cc(Cl)ccn2)[nH]1. The molecule has 2 N–H and O–H groups in total. The van der Waals surface area contributed by atoms with Crippen LogP contribution in [0.1, 0.15) is 5.82 Å². The number of anilines is 1. The summed E-state index contributed by atoms with van der Waals surface area (Å²) >= 11 is 5.73. The number of hydrogen-bond donors (Lipinski definition) is 2. The third-order valence-electron chi connectivity index (χ3n) is 1.93. The molecule has 0 aliphatic carbocycles. The van der Waals surface area contributed by atoms with Crippen molar-refractivity contribution in [3.05, 3.63) is 35.4 Å². The molecule has 0 saturated heterocycles. The van der Waals surface area contributed by atoms with E-state index >= 15 is 0 Å². The van der Waals surface area contributed by atoms with E-state index in [9.17, 15) is 8.42 Å². The molecule has 2 rings (SSSR count). The zero-order chi connectivity index (χ0) is 12.5. The van der Waals surface area contributed by atoms with Crippen LogP contribution < -0.4 is 4.72 Å². The molecule has 0 fully saturated rings. The van der Waals surface area contributed by atoms with Crippen LogP contribution in [0.15, 0.2) is 29.6 Å². The smallest absolute Gasteiger partial charge is 0.280 e. The minimum atomic E-state index is -3.70. The number of H-pyrrole nitrogens is 1. The fourth-order valence-electron chi connectivity index (χ4n) is 1.19. The van der Waals surface area contributed by atoms with Gasteiger partial charge in [0.05, 0.1) is 6.20 Å². The Bertz CT molecular complexity index is 638. The second-order valence-corrected chi connectivity index (χ2v) is 5.38. The minimum absolute atomic E-state index is 0.0169. The lowest BCUT2D eigenvalue weighted by Crippen LogP contribution is -2.14. The van der Waals surface area contributed by atoms with Gasteiger partial charge >= 0.3 is 0 Å². The van der Waals surface area contributed by atoms with Crippen LogP contribution in [0.25, 0.3) is 0 Å². The van der Waals surface area contributed by atoms with E-state index in [4.69, 9.17) is 11.6 Å². The molecule has 90 valence electrons. The summed E-state index contributed by atoms with van der Waals surface area (Å²) in [5, 5.41) is 0.385. The van der Waals surface area contributed by atoms with Gasteiger partial charge < -0.3 is 4.98 Å². The molecule has 0 amide bonds. The Hall–Kier alpha value is -1.60. The number of pyridine rings is 1. The average molecular weight is 273 g/mol. The Labute approximate surface area is 103 Å². The molecule has 2 heterocycles. The van der Waals surface area contributed by atoms with Crippen molar-refractivity contribution < 1.29 is 8.42 Å². The molecule has 0 aliphatic rings. The van der Waals surface area contributed by atoms with Gasteiger partial charge in [-0.2, -0.15) is 8.42 Å². The zero-order valence-electron chi connectivity index (χ0n) is 8.81. The number of imidazole rings is 1. The fourth-order valence-corrected chi connectivity index (χ4v) is 2.32. The topological polar surface area (TPSA) is 87.7 Å². The maximum absolute atomic E-state index is 11.9. The molecule has 2 aromatic rings. The van der Waals surface area contributed by atoms with Crippen molar-refractivity contribution in [1.29, 1.82) is 0 Å². The third-order valence-corrected chi connectivity index (χ3v) is 3.43. The molecule has 0 spiro atoms. The Morgan fingerprint density at radius 1 is 1.41 bits per heavy atom. The van der Waals surface area contributed by atoms with E-state index in [0.29, 0.717) is 10.8 Å². The number of sulfonamides is 1. The number of halogens is 1. The van der Waals surface area contributed by atoms with Gasteiger partial charge in [0.25, 0.3) is 10.0 Å². The maximum Gasteiger partial charge on any atom is 0.280 e. The molecule has 0 aromatic carbocycles. The van der Waals surface area contributed by atoms with Crippen molar-refractivity contribution in [2.45, 2.75) is 11.9 Å². The van der Waals surface area contributed by atoms with E-state index in [1.165, 1.54) is 18.5 Å². The number of aryl methyl sites for hydroxylation is 1. The van der Waals surface area contributed by atoms with Gasteiger partial charge in [0.2, 0.25) is 0 Å². The van der Waals surface area contributed by atoms with Gasteiger partial charge in [-0.15, -0.1) is 0 Å². The number of aromatic amines is 1. The van der Waals surface area contributed by atoms with Gasteiger partial charge in [-0.3, -0.25) is 4.72 Å². The zero-order valence-corrected chi connectivity index (χ0v) is 10.4. The van der Waals surface area contributed by atoms with Crippen molar-refractivity contribution in [1.82, 2.24) is 15.0 Å². The van der Waals surface area contributed by atoms with Crippen LogP contribution in [-0.2, 0) is 10.0 Å². The molecule has 6 nitrogen and oxygen atoms in total. The molecule has 2 aromatic heterocycles. The summed E-state index contributed by atoms with van der Waals surface area (Å²) in [5.74, 6) is 0.675. The molecule has 0 saturated carbocycles. The second-order valence-electron chi connectivity index (χ2n) is 3.30. The fraction of sp³-hybridized carbons (Fsp3) is 0.111. The standard InChI is InChI=1S/C9H9ClN4O2S/c1-6-12-5-9(13-6)17(15,16)14-8-4-7(10)2-3-11-8/h2-5H,1H3,(H,11,14)(H,12,13). The van der Waals surface area contributed by atoms with Crippen molar-refractivity contribution in [2.24, 2.45) is 0 Å². The molecular formula is C9H9ClN4O2S. The molecule has 0 bridgehead atoms. The second kappa shape index (κ2) is 4.34. The molecule has 0 unspecified atom stereocenters. The maximum atomic E-state index is 11.9. The Kier molecular flexibility index (Phi) is 3.03. The summed E-state index contributed by atoms with van der Waals surface area (Å²) in [6.45, 7) is 1.66. The predicted molar refractivity (Wildman–Crippen MR) is 63.4 cm³/mol. The van der Waals surface area contributed by atoms with E-state index in [0.717, 1.165) is 0 Å². The summed E-state index contributed by atoms with van der Waals surface area (Å²) in [6.07, 6.45) is 2.65. The van der Waals surface area contributed by atoms with Gasteiger partial charge in [-0.25, -0.2) is 9.97 Å². The van der Waals surface area contributed by atoms with Gasteiger partial charge in [0.15, 0.2) is 5.03 Å². The van der Waals surface area contributed by atoms with Crippen molar-refractivity contribution in [3.63, 3.8) is 0 Å². The first kappa shape index (κ1) is 11.9. The van der Waals surface area contributed by atoms with Crippen molar-refractivity contribution >= 4 is 27.4 Å². The number of nitrogens with one attached hydrogen (secondary N) is 2. The lowest BCUT2D eigenvalue weighted by Gasteiger charge is -2.04. The van der Waals surface area contributed by atoms with E-state index in [2.05, 4.69) is 19.7 Å². The number of rotatable bonds is 3. The van der Waals surface area contributed by atoms with Crippen LogP contribution in [-0.4, -0.2) is 23.4 Å².